The molecular weight excluding hydrogens is 403 g/mol. The van der Waals surface area contributed by atoms with Crippen LogP contribution in [0.1, 0.15) is 73.7 Å². The summed E-state index contributed by atoms with van der Waals surface area (Å²) in [6.45, 7) is 0.586. The zero-order chi connectivity index (χ0) is 21.6. The molecule has 1 aromatic carbocycles. The van der Waals surface area contributed by atoms with E-state index in [1.165, 1.54) is 5.56 Å². The maximum absolute atomic E-state index is 12.6. The summed E-state index contributed by atoms with van der Waals surface area (Å²) in [5.74, 6) is -0.274. The van der Waals surface area contributed by atoms with E-state index in [-0.39, 0.29) is 22.2 Å². The summed E-state index contributed by atoms with van der Waals surface area (Å²) >= 11 is 6.65. The van der Waals surface area contributed by atoms with Crippen LogP contribution in [0.2, 0.25) is 0 Å². The molecule has 0 saturated heterocycles. The number of carbonyl (C=O) groups is 1. The Hall–Kier alpha value is -1.77. The number of halogens is 1. The predicted octanol–water partition coefficient (Wildman–Crippen LogP) is 2.25. The van der Waals surface area contributed by atoms with Gasteiger partial charge < -0.3 is 26.0 Å². The number of benzene rings is 1. The van der Waals surface area contributed by atoms with Gasteiger partial charge in [0.2, 0.25) is 0 Å². The average Bonchev–Trinajstić information content (AvgIpc) is 2.74. The first-order valence-electron chi connectivity index (χ1n) is 10.8. The molecule has 3 saturated carbocycles. The second-order valence-electron chi connectivity index (χ2n) is 8.60. The molecule has 1 atom stereocenters. The van der Waals surface area contributed by atoms with E-state index in [1.807, 2.05) is 12.1 Å². The fourth-order valence-electron chi connectivity index (χ4n) is 4.74. The number of nitrogens with one attached hydrogen (secondary N) is 3. The number of hydrogen-bond donors (Lipinski definition) is 5. The highest BCUT2D eigenvalue weighted by atomic mass is 35.5. The van der Waals surface area contributed by atoms with E-state index < -0.39 is 13.9 Å². The van der Waals surface area contributed by atoms with Crippen molar-refractivity contribution in [1.82, 2.24) is 10.6 Å². The van der Waals surface area contributed by atoms with Crippen LogP contribution < -0.4 is 16.4 Å². The highest BCUT2D eigenvalue weighted by Gasteiger charge is 2.48. The number of alkyl halides is 1. The van der Waals surface area contributed by atoms with Crippen LogP contribution in [0.4, 0.5) is 0 Å². The highest BCUT2D eigenvalue weighted by Crippen LogP contribution is 2.56. The third-order valence-corrected chi connectivity index (χ3v) is 7.26. The Kier molecular flexibility index (Phi) is 7.66. The van der Waals surface area contributed by atoms with Gasteiger partial charge in [0.1, 0.15) is 6.23 Å². The lowest BCUT2D eigenvalue weighted by molar-refractivity contribution is 0.0790. The van der Waals surface area contributed by atoms with Crippen molar-refractivity contribution in [3.05, 3.63) is 35.4 Å². The van der Waals surface area contributed by atoms with Crippen LogP contribution in [-0.4, -0.2) is 42.2 Å². The monoisotopic (exact) mass is 434 g/mol. The molecule has 164 valence electrons. The standard InChI is InChI=1S/C21H32BClN4O3/c23-21-11-8-20(9-12-21,10-13-21)16-6-4-15(5-7-16)18(28)27-17(30-22-29)3-1-2-14-26-19(24)25/h4-7,17,22,29H,1-3,8-14H2,(H,27,28)(H4,24,25,26)/t17-,20?,21?/m1/s1. The van der Waals surface area contributed by atoms with Crippen molar-refractivity contribution < 1.29 is 14.5 Å². The molecule has 0 heterocycles. The summed E-state index contributed by atoms with van der Waals surface area (Å²) in [5.41, 5.74) is 7.34. The van der Waals surface area contributed by atoms with E-state index in [0.29, 0.717) is 18.5 Å². The summed E-state index contributed by atoms with van der Waals surface area (Å²) in [5, 5.41) is 21.8. The van der Waals surface area contributed by atoms with E-state index in [1.54, 1.807) is 0 Å². The molecule has 0 aromatic heterocycles. The molecule has 7 nitrogen and oxygen atoms in total. The highest BCUT2D eigenvalue weighted by molar-refractivity contribution is 6.24. The van der Waals surface area contributed by atoms with E-state index in [2.05, 4.69) is 22.8 Å². The summed E-state index contributed by atoms with van der Waals surface area (Å²) in [4.78, 5) is 12.7. The third-order valence-electron chi connectivity index (χ3n) is 6.69. The number of rotatable bonds is 10. The molecular formula is C21H32BClN4O3. The normalized spacial score (nSPS) is 26.1. The molecule has 30 heavy (non-hydrogen) atoms. The van der Waals surface area contributed by atoms with Gasteiger partial charge in [0.25, 0.3) is 5.91 Å². The summed E-state index contributed by atoms with van der Waals surface area (Å²) in [7, 11) is -0.458. The molecule has 3 aliphatic carbocycles. The lowest BCUT2D eigenvalue weighted by Crippen LogP contribution is -2.45. The number of guanidine groups is 1. The van der Waals surface area contributed by atoms with E-state index >= 15 is 0 Å². The Morgan fingerprint density at radius 1 is 1.20 bits per heavy atom. The minimum atomic E-state index is -0.563. The van der Waals surface area contributed by atoms with Crippen LogP contribution in [-0.2, 0) is 10.1 Å². The van der Waals surface area contributed by atoms with Gasteiger partial charge in [-0.05, 0) is 80.9 Å². The zero-order valence-corrected chi connectivity index (χ0v) is 18.1. The molecule has 0 unspecified atom stereocenters. The van der Waals surface area contributed by atoms with Crippen molar-refractivity contribution in [2.75, 3.05) is 6.54 Å². The molecule has 0 aliphatic heterocycles. The van der Waals surface area contributed by atoms with Gasteiger partial charge in [-0.2, -0.15) is 0 Å². The Bertz CT molecular complexity index is 722. The zero-order valence-electron chi connectivity index (χ0n) is 17.4. The van der Waals surface area contributed by atoms with Gasteiger partial charge in [-0.3, -0.25) is 10.2 Å². The van der Waals surface area contributed by atoms with Gasteiger partial charge in [-0.15, -0.1) is 11.6 Å². The second-order valence-corrected chi connectivity index (χ2v) is 9.40. The SMILES string of the molecule is N=C(N)NCCCC[C@H](NC(=O)c1ccc(C23CCC(Cl)(CC2)CC3)cc1)OBO. The largest absolute Gasteiger partial charge is 0.436 e. The van der Waals surface area contributed by atoms with Crippen LogP contribution in [0.15, 0.2) is 24.3 Å². The number of amides is 1. The lowest BCUT2D eigenvalue weighted by Gasteiger charge is -2.51. The summed E-state index contributed by atoms with van der Waals surface area (Å²) in [6.07, 6.45) is 8.10. The van der Waals surface area contributed by atoms with Crippen molar-refractivity contribution >= 4 is 31.2 Å². The number of fused-ring (bicyclic) bond motifs is 3. The molecule has 3 fully saturated rings. The third kappa shape index (κ3) is 5.68. The van der Waals surface area contributed by atoms with Crippen LogP contribution in [0.25, 0.3) is 0 Å². The first-order chi connectivity index (χ1) is 14.4. The van der Waals surface area contributed by atoms with Crippen LogP contribution in [0.5, 0.6) is 0 Å². The van der Waals surface area contributed by atoms with Gasteiger partial charge in [-0.25, -0.2) is 0 Å². The molecule has 9 heteroatoms. The van der Waals surface area contributed by atoms with Crippen LogP contribution in [0, 0.1) is 5.41 Å². The Labute approximate surface area is 183 Å². The Morgan fingerprint density at radius 3 is 2.40 bits per heavy atom. The van der Waals surface area contributed by atoms with E-state index in [0.717, 1.165) is 51.4 Å². The topological polar surface area (TPSA) is 120 Å². The number of unbranched alkanes of at least 4 members (excludes halogenated alkanes) is 1. The maximum Gasteiger partial charge on any atom is 0.436 e. The second kappa shape index (κ2) is 10.0. The van der Waals surface area contributed by atoms with Gasteiger partial charge in [-0.1, -0.05) is 12.1 Å². The van der Waals surface area contributed by atoms with Gasteiger partial charge in [0, 0.05) is 17.0 Å². The first-order valence-corrected chi connectivity index (χ1v) is 11.1. The van der Waals surface area contributed by atoms with Crippen molar-refractivity contribution in [1.29, 1.82) is 5.41 Å². The summed E-state index contributed by atoms with van der Waals surface area (Å²) < 4.78 is 5.25. The van der Waals surface area contributed by atoms with Crippen molar-refractivity contribution in [2.45, 2.75) is 74.3 Å². The lowest BCUT2D eigenvalue weighted by atomic mass is 9.57. The quantitative estimate of drug-likeness (QED) is 0.0966. The number of nitrogens with two attached hydrogens (primary N) is 1. The first kappa shape index (κ1) is 22.9. The fourth-order valence-corrected chi connectivity index (χ4v) is 5.03. The number of hydrogen-bond acceptors (Lipinski definition) is 4. The van der Waals surface area contributed by atoms with Crippen molar-refractivity contribution in [3.63, 3.8) is 0 Å². The van der Waals surface area contributed by atoms with Crippen molar-refractivity contribution in [3.8, 4) is 0 Å². The predicted molar refractivity (Wildman–Crippen MR) is 120 cm³/mol. The molecule has 0 radical (unpaired) electrons. The van der Waals surface area contributed by atoms with Gasteiger partial charge >= 0.3 is 7.69 Å². The van der Waals surface area contributed by atoms with E-state index in [9.17, 15) is 4.79 Å². The average molecular weight is 435 g/mol. The number of carbonyl (C=O) groups excluding carboxylic acids is 1. The molecule has 1 amide bonds. The smallest absolute Gasteiger partial charge is 0.430 e. The Balaban J connectivity index is 1.53. The molecule has 4 rings (SSSR count). The molecule has 2 bridgehead atoms. The summed E-state index contributed by atoms with van der Waals surface area (Å²) in [6, 6.07) is 7.92. The molecule has 3 aliphatic rings. The van der Waals surface area contributed by atoms with E-state index in [4.69, 9.17) is 32.4 Å². The van der Waals surface area contributed by atoms with Gasteiger partial charge in [0.15, 0.2) is 5.96 Å². The minimum Gasteiger partial charge on any atom is -0.430 e. The minimum absolute atomic E-state index is 0.0193. The Morgan fingerprint density at radius 2 is 1.83 bits per heavy atom. The maximum atomic E-state index is 12.6. The van der Waals surface area contributed by atoms with Crippen LogP contribution >= 0.6 is 11.6 Å². The van der Waals surface area contributed by atoms with Crippen LogP contribution in [0.3, 0.4) is 0 Å². The fraction of sp³-hybridized carbons (Fsp3) is 0.619. The molecule has 0 spiro atoms. The van der Waals surface area contributed by atoms with Gasteiger partial charge in [0.05, 0.1) is 0 Å². The molecule has 6 N–H and O–H groups in total. The molecule has 1 aromatic rings. The van der Waals surface area contributed by atoms with Crippen molar-refractivity contribution in [2.24, 2.45) is 5.73 Å².